The largest absolute Gasteiger partial charge is 0.497 e. The van der Waals surface area contributed by atoms with E-state index in [1.165, 1.54) is 11.8 Å². The third-order valence-corrected chi connectivity index (χ3v) is 7.05. The van der Waals surface area contributed by atoms with E-state index in [-0.39, 0.29) is 18.7 Å². The number of amides is 1. The van der Waals surface area contributed by atoms with Crippen molar-refractivity contribution < 1.29 is 19.7 Å². The molecule has 0 aliphatic carbocycles. The van der Waals surface area contributed by atoms with E-state index in [1.807, 2.05) is 36.4 Å². The van der Waals surface area contributed by atoms with Gasteiger partial charge in [0, 0.05) is 23.5 Å². The van der Waals surface area contributed by atoms with Crippen LogP contribution in [0.3, 0.4) is 0 Å². The lowest BCUT2D eigenvalue weighted by Gasteiger charge is -2.28. The maximum absolute atomic E-state index is 13.8. The Labute approximate surface area is 220 Å². The van der Waals surface area contributed by atoms with Crippen molar-refractivity contribution in [3.05, 3.63) is 107 Å². The van der Waals surface area contributed by atoms with Gasteiger partial charge >= 0.3 is 0 Å². The highest BCUT2D eigenvalue weighted by Crippen LogP contribution is 2.47. The van der Waals surface area contributed by atoms with Crippen LogP contribution in [0.4, 0.5) is 5.69 Å². The molecular weight excluding hydrogens is 482 g/mol. The molecular formula is C30H29N3O5. The molecule has 0 spiro atoms. The van der Waals surface area contributed by atoms with Gasteiger partial charge in [-0.15, -0.1) is 0 Å². The fourth-order valence-corrected chi connectivity index (χ4v) is 4.97. The van der Waals surface area contributed by atoms with Gasteiger partial charge in [-0.3, -0.25) is 9.59 Å². The van der Waals surface area contributed by atoms with Crippen LogP contribution in [0, 0.1) is 5.92 Å². The first kappa shape index (κ1) is 25.4. The highest BCUT2D eigenvalue weighted by Gasteiger charge is 2.52. The van der Waals surface area contributed by atoms with Crippen LogP contribution in [-0.2, 0) is 16.9 Å². The molecule has 1 amide bonds. The van der Waals surface area contributed by atoms with Crippen LogP contribution in [0.5, 0.6) is 5.75 Å². The van der Waals surface area contributed by atoms with Crippen molar-refractivity contribution in [2.75, 3.05) is 18.6 Å². The zero-order chi connectivity index (χ0) is 26.9. The van der Waals surface area contributed by atoms with Crippen LogP contribution in [0.25, 0.3) is 16.5 Å². The van der Waals surface area contributed by atoms with Crippen molar-refractivity contribution in [1.29, 1.82) is 0 Å². The molecule has 8 nitrogen and oxygen atoms in total. The van der Waals surface area contributed by atoms with E-state index in [4.69, 9.17) is 9.84 Å². The highest BCUT2D eigenvalue weighted by atomic mass is 16.5. The Morgan fingerprint density at radius 2 is 1.89 bits per heavy atom. The van der Waals surface area contributed by atoms with Gasteiger partial charge in [-0.2, -0.15) is 9.78 Å². The monoisotopic (exact) mass is 511 g/mol. The number of hydrogen-bond donors (Lipinski definition) is 2. The van der Waals surface area contributed by atoms with E-state index in [0.29, 0.717) is 34.5 Å². The molecule has 0 bridgehead atoms. The lowest BCUT2D eigenvalue weighted by Crippen LogP contribution is -2.44. The van der Waals surface area contributed by atoms with Crippen LogP contribution in [0.2, 0.25) is 0 Å². The number of fused-ring (bicyclic) bond motifs is 2. The normalized spacial score (nSPS) is 17.8. The molecule has 2 atom stereocenters. The summed E-state index contributed by atoms with van der Waals surface area (Å²) in [5.74, 6) is -0.468. The van der Waals surface area contributed by atoms with Crippen LogP contribution in [0.1, 0.15) is 24.5 Å². The molecule has 3 aromatic carbocycles. The number of carbonyl (C=O) groups excluding carboxylic acids is 1. The second-order valence-corrected chi connectivity index (χ2v) is 9.39. The quantitative estimate of drug-likeness (QED) is 0.350. The molecule has 194 valence electrons. The molecule has 8 heteroatoms. The van der Waals surface area contributed by atoms with Crippen LogP contribution < -0.4 is 15.2 Å². The molecule has 2 N–H and O–H groups in total. The summed E-state index contributed by atoms with van der Waals surface area (Å²) in [5.41, 5.74) is 0.374. The van der Waals surface area contributed by atoms with Crippen LogP contribution >= 0.6 is 0 Å². The predicted octanol–water partition coefficient (Wildman–Crippen LogP) is 3.70. The van der Waals surface area contributed by atoms with E-state index < -0.39 is 17.4 Å². The number of benzene rings is 3. The van der Waals surface area contributed by atoms with Gasteiger partial charge in [0.2, 0.25) is 0 Å². The van der Waals surface area contributed by atoms with Gasteiger partial charge in [0.25, 0.3) is 11.5 Å². The van der Waals surface area contributed by atoms with Gasteiger partial charge in [0.05, 0.1) is 36.6 Å². The molecule has 0 saturated carbocycles. The van der Waals surface area contributed by atoms with Crippen molar-refractivity contribution in [2.24, 2.45) is 5.92 Å². The van der Waals surface area contributed by atoms with Gasteiger partial charge in [0.15, 0.2) is 5.60 Å². The van der Waals surface area contributed by atoms with E-state index in [0.717, 1.165) is 10.9 Å². The SMILES string of the molecule is COc1ccc2c(c1)[C@@](O)([C@H](C)/C=C/CCO)C(=O)N2Cc1cccc(-n2ncc3ccccc3c2=O)c1. The predicted molar refractivity (Wildman–Crippen MR) is 145 cm³/mol. The summed E-state index contributed by atoms with van der Waals surface area (Å²) >= 11 is 0. The summed E-state index contributed by atoms with van der Waals surface area (Å²) in [4.78, 5) is 28.5. The van der Waals surface area contributed by atoms with E-state index in [9.17, 15) is 14.7 Å². The molecule has 1 aliphatic rings. The van der Waals surface area contributed by atoms with Crippen LogP contribution in [-0.4, -0.2) is 39.6 Å². The molecule has 0 radical (unpaired) electrons. The standard InChI is InChI=1S/C30H29N3O5/c1-20(8-5-6-15-34)30(37)26-17-24(38-2)13-14-27(26)32(29(30)36)19-21-9-7-11-23(16-21)33-28(35)25-12-4-3-10-22(25)18-31-33/h3-5,7-14,16-18,20,34,37H,6,15,19H2,1-2H3/b8-5+/t20-,30+/m1/s1. The summed E-state index contributed by atoms with van der Waals surface area (Å²) < 4.78 is 6.72. The average Bonchev–Trinajstić information content (AvgIpc) is 3.15. The van der Waals surface area contributed by atoms with E-state index >= 15 is 0 Å². The third kappa shape index (κ3) is 4.27. The van der Waals surface area contributed by atoms with E-state index in [1.54, 1.807) is 60.5 Å². The maximum atomic E-state index is 13.8. The number of anilines is 1. The Kier molecular flexibility index (Phi) is 6.84. The van der Waals surface area contributed by atoms with Crippen molar-refractivity contribution >= 4 is 22.4 Å². The molecule has 2 heterocycles. The molecule has 38 heavy (non-hydrogen) atoms. The van der Waals surface area contributed by atoms with Crippen molar-refractivity contribution in [1.82, 2.24) is 9.78 Å². The first-order valence-electron chi connectivity index (χ1n) is 12.4. The van der Waals surface area contributed by atoms with Crippen molar-refractivity contribution in [2.45, 2.75) is 25.5 Å². The van der Waals surface area contributed by atoms with Gasteiger partial charge in [-0.05, 0) is 48.4 Å². The fourth-order valence-electron chi connectivity index (χ4n) is 4.97. The fraction of sp³-hybridized carbons (Fsp3) is 0.233. The molecule has 0 fully saturated rings. The van der Waals surface area contributed by atoms with Crippen LogP contribution in [0.15, 0.2) is 89.9 Å². The summed E-state index contributed by atoms with van der Waals surface area (Å²) in [5, 5.41) is 26.6. The van der Waals surface area contributed by atoms with Gasteiger partial charge < -0.3 is 19.8 Å². The summed E-state index contributed by atoms with van der Waals surface area (Å²) in [7, 11) is 1.54. The molecule has 0 saturated heterocycles. The molecule has 1 aliphatic heterocycles. The lowest BCUT2D eigenvalue weighted by molar-refractivity contribution is -0.139. The minimum atomic E-state index is -1.80. The average molecular weight is 512 g/mol. The van der Waals surface area contributed by atoms with E-state index in [2.05, 4.69) is 5.10 Å². The minimum Gasteiger partial charge on any atom is -0.497 e. The Morgan fingerprint density at radius 3 is 2.68 bits per heavy atom. The summed E-state index contributed by atoms with van der Waals surface area (Å²) in [6.07, 6.45) is 5.59. The summed E-state index contributed by atoms with van der Waals surface area (Å²) in [6.45, 7) is 1.94. The molecule has 4 aromatic rings. The topological polar surface area (TPSA) is 105 Å². The van der Waals surface area contributed by atoms with Gasteiger partial charge in [0.1, 0.15) is 5.75 Å². The Hall–Kier alpha value is -4.27. The Morgan fingerprint density at radius 1 is 1.08 bits per heavy atom. The van der Waals surface area contributed by atoms with Gasteiger partial charge in [-0.1, -0.05) is 49.4 Å². The second-order valence-electron chi connectivity index (χ2n) is 9.39. The molecule has 1 aromatic heterocycles. The number of nitrogens with zero attached hydrogens (tertiary/aromatic N) is 3. The number of aliphatic hydroxyl groups is 2. The number of methoxy groups -OCH3 is 1. The number of carbonyl (C=O) groups is 1. The van der Waals surface area contributed by atoms with Gasteiger partial charge in [-0.25, -0.2) is 0 Å². The minimum absolute atomic E-state index is 0.0162. The molecule has 0 unspecified atom stereocenters. The first-order chi connectivity index (χ1) is 18.4. The number of aliphatic hydroxyl groups excluding tert-OH is 1. The smallest absolute Gasteiger partial charge is 0.279 e. The number of ether oxygens (including phenoxy) is 1. The second kappa shape index (κ2) is 10.2. The number of aromatic nitrogens is 2. The number of hydrogen-bond acceptors (Lipinski definition) is 6. The molecule has 5 rings (SSSR count). The summed E-state index contributed by atoms with van der Waals surface area (Å²) in [6, 6.07) is 19.8. The third-order valence-electron chi connectivity index (χ3n) is 7.05. The highest BCUT2D eigenvalue weighted by molar-refractivity contribution is 6.07. The Bertz CT molecular complexity index is 1590. The zero-order valence-electron chi connectivity index (χ0n) is 21.2. The number of rotatable bonds is 8. The lowest BCUT2D eigenvalue weighted by atomic mass is 9.83. The van der Waals surface area contributed by atoms with Crippen molar-refractivity contribution in [3.63, 3.8) is 0 Å². The zero-order valence-corrected chi connectivity index (χ0v) is 21.2. The van der Waals surface area contributed by atoms with Crippen molar-refractivity contribution in [3.8, 4) is 11.4 Å². The Balaban J connectivity index is 1.52. The maximum Gasteiger partial charge on any atom is 0.279 e. The first-order valence-corrected chi connectivity index (χ1v) is 12.4.